The monoisotopic (exact) mass is 298 g/mol. The second kappa shape index (κ2) is 11.2. The SMILES string of the molecule is C=CC(=O)OCCNC(=O)/C=C/C(=O)OCCNC(C)=O. The minimum Gasteiger partial charge on any atom is -0.461 e. The molecule has 2 N–H and O–H groups in total. The summed E-state index contributed by atoms with van der Waals surface area (Å²) in [7, 11) is 0. The first-order valence-electron chi connectivity index (χ1n) is 6.12. The summed E-state index contributed by atoms with van der Waals surface area (Å²) >= 11 is 0. The summed E-state index contributed by atoms with van der Waals surface area (Å²) in [5.41, 5.74) is 0. The fourth-order valence-electron chi connectivity index (χ4n) is 1.01. The maximum atomic E-state index is 11.3. The van der Waals surface area contributed by atoms with Crippen molar-refractivity contribution >= 4 is 23.8 Å². The van der Waals surface area contributed by atoms with E-state index in [1.54, 1.807) is 0 Å². The van der Waals surface area contributed by atoms with Crippen LogP contribution in [0.4, 0.5) is 0 Å². The van der Waals surface area contributed by atoms with Gasteiger partial charge in [-0.3, -0.25) is 9.59 Å². The van der Waals surface area contributed by atoms with Crippen molar-refractivity contribution in [1.82, 2.24) is 10.6 Å². The van der Waals surface area contributed by atoms with Crippen molar-refractivity contribution in [3.05, 3.63) is 24.8 Å². The number of esters is 2. The molecule has 0 aliphatic carbocycles. The van der Waals surface area contributed by atoms with E-state index in [1.807, 2.05) is 0 Å². The number of carbonyl (C=O) groups excluding carboxylic acids is 4. The lowest BCUT2D eigenvalue weighted by molar-refractivity contribution is -0.138. The second-order valence-corrected chi connectivity index (χ2v) is 3.65. The van der Waals surface area contributed by atoms with Crippen LogP contribution in [0.1, 0.15) is 6.92 Å². The van der Waals surface area contributed by atoms with Gasteiger partial charge in [0, 0.05) is 25.2 Å². The van der Waals surface area contributed by atoms with Gasteiger partial charge in [0.25, 0.3) is 0 Å². The van der Waals surface area contributed by atoms with Crippen molar-refractivity contribution in [2.75, 3.05) is 26.3 Å². The normalized spacial score (nSPS) is 9.76. The van der Waals surface area contributed by atoms with Gasteiger partial charge in [-0.15, -0.1) is 0 Å². The molecular formula is C13H18N2O6. The Labute approximate surface area is 122 Å². The Hall–Kier alpha value is -2.64. The quantitative estimate of drug-likeness (QED) is 0.323. The molecule has 0 aromatic rings. The first-order chi connectivity index (χ1) is 9.95. The number of hydrogen-bond donors (Lipinski definition) is 2. The van der Waals surface area contributed by atoms with Crippen LogP contribution >= 0.6 is 0 Å². The van der Waals surface area contributed by atoms with Gasteiger partial charge < -0.3 is 20.1 Å². The minimum atomic E-state index is -0.700. The zero-order valence-electron chi connectivity index (χ0n) is 11.7. The molecule has 0 aromatic heterocycles. The van der Waals surface area contributed by atoms with Gasteiger partial charge in [0.15, 0.2) is 0 Å². The first-order valence-corrected chi connectivity index (χ1v) is 6.12. The van der Waals surface area contributed by atoms with Gasteiger partial charge >= 0.3 is 11.9 Å². The summed E-state index contributed by atoms with van der Waals surface area (Å²) in [6, 6.07) is 0. The van der Waals surface area contributed by atoms with E-state index in [4.69, 9.17) is 4.74 Å². The van der Waals surface area contributed by atoms with E-state index >= 15 is 0 Å². The zero-order valence-corrected chi connectivity index (χ0v) is 11.7. The Morgan fingerprint density at radius 1 is 0.952 bits per heavy atom. The number of carbonyl (C=O) groups is 4. The predicted octanol–water partition coefficient (Wildman–Crippen LogP) is -0.933. The molecule has 0 rings (SSSR count). The molecule has 0 aromatic carbocycles. The third-order valence-electron chi connectivity index (χ3n) is 1.90. The summed E-state index contributed by atoms with van der Waals surface area (Å²) in [5.74, 6) is -2.03. The Balaban J connectivity index is 3.72. The summed E-state index contributed by atoms with van der Waals surface area (Å²) in [6.45, 7) is 4.90. The van der Waals surface area contributed by atoms with Crippen molar-refractivity contribution in [3.8, 4) is 0 Å². The van der Waals surface area contributed by atoms with E-state index in [0.29, 0.717) is 0 Å². The van der Waals surface area contributed by atoms with Crippen LogP contribution < -0.4 is 10.6 Å². The highest BCUT2D eigenvalue weighted by Crippen LogP contribution is 1.83. The van der Waals surface area contributed by atoms with Crippen molar-refractivity contribution in [2.24, 2.45) is 0 Å². The van der Waals surface area contributed by atoms with Gasteiger partial charge in [0.05, 0.1) is 13.1 Å². The molecule has 0 atom stereocenters. The van der Waals surface area contributed by atoms with Crippen molar-refractivity contribution < 1.29 is 28.7 Å². The van der Waals surface area contributed by atoms with E-state index in [9.17, 15) is 19.2 Å². The van der Waals surface area contributed by atoms with Crippen molar-refractivity contribution in [3.63, 3.8) is 0 Å². The molecule has 0 fully saturated rings. The summed E-state index contributed by atoms with van der Waals surface area (Å²) in [4.78, 5) is 43.6. The lowest BCUT2D eigenvalue weighted by Crippen LogP contribution is -2.26. The Morgan fingerprint density at radius 2 is 1.52 bits per heavy atom. The average Bonchev–Trinajstić information content (AvgIpc) is 2.45. The van der Waals surface area contributed by atoms with Gasteiger partial charge in [-0.05, 0) is 0 Å². The van der Waals surface area contributed by atoms with Crippen LogP contribution in [0.2, 0.25) is 0 Å². The van der Waals surface area contributed by atoms with Crippen LogP contribution in [0.25, 0.3) is 0 Å². The number of amides is 2. The highest BCUT2D eigenvalue weighted by molar-refractivity contribution is 5.94. The molecule has 116 valence electrons. The van der Waals surface area contributed by atoms with E-state index in [0.717, 1.165) is 18.2 Å². The molecule has 0 bridgehead atoms. The molecule has 0 unspecified atom stereocenters. The largest absolute Gasteiger partial charge is 0.461 e. The van der Waals surface area contributed by atoms with E-state index in [1.165, 1.54) is 6.92 Å². The standard InChI is InChI=1S/C13H18N2O6/c1-3-12(18)20-9-7-15-11(17)4-5-13(19)21-8-6-14-10(2)16/h3-5H,1,6-9H2,2H3,(H,14,16)(H,15,17)/b5-4+. The summed E-state index contributed by atoms with van der Waals surface area (Å²) in [6.07, 6.45) is 2.97. The Kier molecular flexibility index (Phi) is 9.80. The Morgan fingerprint density at radius 3 is 2.10 bits per heavy atom. The molecule has 0 spiro atoms. The zero-order chi connectivity index (χ0) is 16.1. The van der Waals surface area contributed by atoms with Crippen LogP contribution in [-0.4, -0.2) is 50.1 Å². The van der Waals surface area contributed by atoms with E-state index in [2.05, 4.69) is 21.9 Å². The number of nitrogens with one attached hydrogen (secondary N) is 2. The Bertz CT molecular complexity index is 430. The topological polar surface area (TPSA) is 111 Å². The molecular weight excluding hydrogens is 280 g/mol. The average molecular weight is 298 g/mol. The van der Waals surface area contributed by atoms with Crippen LogP contribution in [-0.2, 0) is 28.7 Å². The predicted molar refractivity (Wildman–Crippen MR) is 72.9 cm³/mol. The third-order valence-corrected chi connectivity index (χ3v) is 1.90. The summed E-state index contributed by atoms with van der Waals surface area (Å²) < 4.78 is 9.34. The molecule has 2 amide bonds. The summed E-state index contributed by atoms with van der Waals surface area (Å²) in [5, 5.41) is 4.84. The van der Waals surface area contributed by atoms with Crippen LogP contribution in [0, 0.1) is 0 Å². The van der Waals surface area contributed by atoms with Gasteiger partial charge in [0.1, 0.15) is 13.2 Å². The van der Waals surface area contributed by atoms with Crippen LogP contribution in [0.15, 0.2) is 24.8 Å². The molecule has 0 saturated heterocycles. The second-order valence-electron chi connectivity index (χ2n) is 3.65. The van der Waals surface area contributed by atoms with Crippen molar-refractivity contribution in [2.45, 2.75) is 6.92 Å². The fourth-order valence-corrected chi connectivity index (χ4v) is 1.01. The van der Waals surface area contributed by atoms with E-state index in [-0.39, 0.29) is 32.2 Å². The third kappa shape index (κ3) is 12.2. The number of ether oxygens (including phenoxy) is 2. The molecule has 0 saturated carbocycles. The lowest BCUT2D eigenvalue weighted by atomic mass is 10.4. The highest BCUT2D eigenvalue weighted by atomic mass is 16.5. The number of rotatable bonds is 9. The molecule has 0 aliphatic heterocycles. The fraction of sp³-hybridized carbons (Fsp3) is 0.385. The van der Waals surface area contributed by atoms with Gasteiger partial charge in [-0.1, -0.05) is 6.58 Å². The maximum absolute atomic E-state index is 11.3. The van der Waals surface area contributed by atoms with Gasteiger partial charge in [-0.25, -0.2) is 9.59 Å². The minimum absolute atomic E-state index is 0.00555. The molecule has 21 heavy (non-hydrogen) atoms. The van der Waals surface area contributed by atoms with Crippen molar-refractivity contribution in [1.29, 1.82) is 0 Å². The smallest absolute Gasteiger partial charge is 0.331 e. The molecule has 8 heteroatoms. The van der Waals surface area contributed by atoms with Crippen LogP contribution in [0.3, 0.4) is 0 Å². The van der Waals surface area contributed by atoms with Gasteiger partial charge in [0.2, 0.25) is 11.8 Å². The number of hydrogen-bond acceptors (Lipinski definition) is 6. The lowest BCUT2D eigenvalue weighted by Gasteiger charge is -2.03. The van der Waals surface area contributed by atoms with Gasteiger partial charge in [-0.2, -0.15) is 0 Å². The molecule has 8 nitrogen and oxygen atoms in total. The first kappa shape index (κ1) is 18.4. The highest BCUT2D eigenvalue weighted by Gasteiger charge is 2.01. The van der Waals surface area contributed by atoms with E-state index < -0.39 is 17.8 Å². The maximum Gasteiger partial charge on any atom is 0.331 e. The molecule has 0 aliphatic rings. The van der Waals surface area contributed by atoms with Crippen LogP contribution in [0.5, 0.6) is 0 Å². The molecule has 0 radical (unpaired) electrons. The molecule has 0 heterocycles.